The summed E-state index contributed by atoms with van der Waals surface area (Å²) in [7, 11) is 1.42. The van der Waals surface area contributed by atoms with Gasteiger partial charge in [0.15, 0.2) is 0 Å². The molecule has 1 atom stereocenters. The van der Waals surface area contributed by atoms with E-state index in [9.17, 15) is 10.4 Å². The first-order chi connectivity index (χ1) is 11.5. The molecule has 0 bridgehead atoms. The average Bonchev–Trinajstić information content (AvgIpc) is 2.53. The molecule has 1 unspecified atom stereocenters. The summed E-state index contributed by atoms with van der Waals surface area (Å²) in [6, 6.07) is -0.0956. The molecule has 0 heterocycles. The summed E-state index contributed by atoms with van der Waals surface area (Å²) in [6.07, 6.45) is 24.0. The zero-order valence-electron chi connectivity index (χ0n) is 17.1. The molecule has 0 aliphatic heterocycles. The molecule has 2 N–H and O–H groups in total. The Labute approximate surface area is 163 Å². The van der Waals surface area contributed by atoms with Crippen LogP contribution in [0.1, 0.15) is 110 Å². The van der Waals surface area contributed by atoms with Gasteiger partial charge in [0, 0.05) is 6.42 Å². The van der Waals surface area contributed by atoms with Gasteiger partial charge in [-0.2, -0.15) is 10.4 Å². The Balaban J connectivity index is 0. The van der Waals surface area contributed by atoms with Crippen molar-refractivity contribution < 1.29 is 27.6 Å². The van der Waals surface area contributed by atoms with E-state index in [-0.39, 0.29) is 18.4 Å². The van der Waals surface area contributed by atoms with Crippen LogP contribution >= 0.6 is 0 Å². The van der Waals surface area contributed by atoms with Crippen LogP contribution in [0.3, 0.4) is 0 Å². The van der Waals surface area contributed by atoms with Gasteiger partial charge >= 0.3 is 0 Å². The molecule has 0 aromatic heterocycles. The lowest BCUT2D eigenvalue weighted by molar-refractivity contribution is -1.25. The molecule has 0 spiro atoms. The highest BCUT2D eigenvalue weighted by Gasteiger charge is 2.24. The lowest BCUT2D eigenvalue weighted by Gasteiger charge is -2.23. The molecule has 0 saturated carbocycles. The Kier molecular flexibility index (Phi) is 20.3. The molecule has 0 radical (unpaired) electrons. The molecule has 152 valence electrons. The summed E-state index contributed by atoms with van der Waals surface area (Å²) in [6.45, 7) is 4.16. The van der Waals surface area contributed by atoms with E-state index < -0.39 is 4.81 Å². The van der Waals surface area contributed by atoms with Gasteiger partial charge in [-0.05, 0) is 43.8 Å². The van der Waals surface area contributed by atoms with E-state index in [2.05, 4.69) is 19.1 Å². The van der Waals surface area contributed by atoms with Gasteiger partial charge in [0.2, 0.25) is 0 Å². The van der Waals surface area contributed by atoms with Gasteiger partial charge in [-0.1, -0.05) is 76.9 Å². The van der Waals surface area contributed by atoms with Gasteiger partial charge in [0.05, 0.1) is 0 Å². The summed E-state index contributed by atoms with van der Waals surface area (Å²) >= 11 is 0. The maximum absolute atomic E-state index is 9.40. The van der Waals surface area contributed by atoms with Gasteiger partial charge in [-0.15, -0.1) is 0 Å². The number of unbranched alkanes of at least 4 members (excludes halogenated alkanes) is 12. The van der Waals surface area contributed by atoms with Crippen molar-refractivity contribution in [3.8, 4) is 0 Å². The van der Waals surface area contributed by atoms with Crippen LogP contribution in [0.4, 0.5) is 0 Å². The number of allylic oxidation sites excluding steroid dienone is 2. The Morgan fingerprint density at radius 3 is 1.56 bits per heavy atom. The summed E-state index contributed by atoms with van der Waals surface area (Å²) in [5, 5.41) is 18.8. The van der Waals surface area contributed by atoms with Crippen LogP contribution < -0.4 is 12.4 Å². The van der Waals surface area contributed by atoms with Crippen molar-refractivity contribution in [2.75, 3.05) is 7.05 Å². The van der Waals surface area contributed by atoms with E-state index in [0.29, 0.717) is 0 Å². The standard InChI is InChI=1S/C21H44NO2.ClH/c1-4-5-6-7-8-9-10-11-12-13-14-15-16-17-18-19-20-21(2)22(3,23)24;/h11-12,21,23-24H,4-10,13-20H2,1-3H3;1H/q+1;/p-1/b12-11-;. The van der Waals surface area contributed by atoms with Crippen LogP contribution in [0.15, 0.2) is 12.2 Å². The molecule has 0 fully saturated rings. The smallest absolute Gasteiger partial charge is 0.149 e. The van der Waals surface area contributed by atoms with E-state index in [1.54, 1.807) is 0 Å². The van der Waals surface area contributed by atoms with Crippen LogP contribution in [0.5, 0.6) is 0 Å². The zero-order valence-corrected chi connectivity index (χ0v) is 17.8. The van der Waals surface area contributed by atoms with E-state index in [0.717, 1.165) is 12.8 Å². The van der Waals surface area contributed by atoms with Crippen molar-refractivity contribution in [1.82, 2.24) is 0 Å². The van der Waals surface area contributed by atoms with E-state index >= 15 is 0 Å². The first-order valence-electron chi connectivity index (χ1n) is 10.4. The SMILES string of the molecule is CCCCCCCC/C=C\CCCCCCCCC(C)[N+](C)(O)O.[Cl-]. The fourth-order valence-corrected chi connectivity index (χ4v) is 2.93. The monoisotopic (exact) mass is 377 g/mol. The normalized spacial score (nSPS) is 13.2. The topological polar surface area (TPSA) is 40.5 Å². The number of halogens is 1. The van der Waals surface area contributed by atoms with Gasteiger partial charge in [-0.3, -0.25) is 0 Å². The first-order valence-corrected chi connectivity index (χ1v) is 10.4. The molecule has 0 saturated heterocycles. The molecule has 0 aliphatic carbocycles. The molecular weight excluding hydrogens is 334 g/mol. The molecule has 0 aromatic carbocycles. The maximum atomic E-state index is 9.40. The Bertz CT molecular complexity index is 290. The third kappa shape index (κ3) is 20.1. The number of hydrogen-bond donors (Lipinski definition) is 2. The Morgan fingerprint density at radius 2 is 1.12 bits per heavy atom. The second-order valence-corrected chi connectivity index (χ2v) is 7.55. The predicted molar refractivity (Wildman–Crippen MR) is 103 cm³/mol. The third-order valence-corrected chi connectivity index (χ3v) is 4.97. The van der Waals surface area contributed by atoms with E-state index in [1.165, 1.54) is 90.5 Å². The average molecular weight is 378 g/mol. The predicted octanol–water partition coefficient (Wildman–Crippen LogP) is 4.03. The highest BCUT2D eigenvalue weighted by atomic mass is 35.5. The lowest BCUT2D eigenvalue weighted by atomic mass is 10.1. The van der Waals surface area contributed by atoms with Crippen LogP contribution in [0.2, 0.25) is 0 Å². The van der Waals surface area contributed by atoms with Crippen LogP contribution in [-0.2, 0) is 0 Å². The first kappa shape index (κ1) is 27.1. The van der Waals surface area contributed by atoms with Crippen LogP contribution in [0, 0.1) is 0 Å². The fourth-order valence-electron chi connectivity index (χ4n) is 2.93. The highest BCUT2D eigenvalue weighted by Crippen LogP contribution is 2.14. The summed E-state index contributed by atoms with van der Waals surface area (Å²) in [4.78, 5) is -0.898. The quantitative estimate of drug-likeness (QED) is 0.174. The van der Waals surface area contributed by atoms with Crippen molar-refractivity contribution >= 4 is 0 Å². The van der Waals surface area contributed by atoms with Crippen molar-refractivity contribution in [3.05, 3.63) is 12.2 Å². The molecule has 25 heavy (non-hydrogen) atoms. The molecule has 0 aromatic rings. The second-order valence-electron chi connectivity index (χ2n) is 7.55. The Morgan fingerprint density at radius 1 is 0.720 bits per heavy atom. The molecular formula is C21H44ClNO2. The molecule has 0 rings (SSSR count). The zero-order chi connectivity index (χ0) is 18.1. The van der Waals surface area contributed by atoms with Crippen molar-refractivity contribution in [3.63, 3.8) is 0 Å². The highest BCUT2D eigenvalue weighted by molar-refractivity contribution is 4.81. The fraction of sp³-hybridized carbons (Fsp3) is 0.905. The summed E-state index contributed by atoms with van der Waals surface area (Å²) in [5.74, 6) is 0. The molecule has 3 nitrogen and oxygen atoms in total. The van der Waals surface area contributed by atoms with Crippen molar-refractivity contribution in [2.24, 2.45) is 0 Å². The number of rotatable bonds is 17. The number of quaternary nitrogens is 1. The van der Waals surface area contributed by atoms with Gasteiger partial charge in [0.1, 0.15) is 13.1 Å². The Hall–Kier alpha value is -0.0900. The molecule has 0 aliphatic rings. The minimum absolute atomic E-state index is 0. The second kappa shape index (κ2) is 18.7. The summed E-state index contributed by atoms with van der Waals surface area (Å²) < 4.78 is 0. The van der Waals surface area contributed by atoms with Crippen molar-refractivity contribution in [2.45, 2.75) is 116 Å². The van der Waals surface area contributed by atoms with Gasteiger partial charge in [-0.25, -0.2) is 0 Å². The number of hydrogen-bond acceptors (Lipinski definition) is 2. The minimum Gasteiger partial charge on any atom is -1.00 e. The number of hydroxylamine groups is 4. The van der Waals surface area contributed by atoms with Gasteiger partial charge < -0.3 is 12.4 Å². The third-order valence-electron chi connectivity index (χ3n) is 4.97. The summed E-state index contributed by atoms with van der Waals surface area (Å²) in [5.41, 5.74) is 0. The van der Waals surface area contributed by atoms with Crippen LogP contribution in [0.25, 0.3) is 0 Å². The van der Waals surface area contributed by atoms with Crippen LogP contribution in [-0.4, -0.2) is 28.3 Å². The largest absolute Gasteiger partial charge is 1.00 e. The molecule has 4 heteroatoms. The van der Waals surface area contributed by atoms with E-state index in [1.807, 2.05) is 6.92 Å². The lowest BCUT2D eigenvalue weighted by Crippen LogP contribution is -3.00. The number of nitrogens with zero attached hydrogens (tertiary/aromatic N) is 1. The van der Waals surface area contributed by atoms with Crippen molar-refractivity contribution in [1.29, 1.82) is 0 Å². The van der Waals surface area contributed by atoms with E-state index in [4.69, 9.17) is 0 Å². The van der Waals surface area contributed by atoms with Gasteiger partial charge in [0.25, 0.3) is 0 Å². The maximum Gasteiger partial charge on any atom is 0.149 e. The minimum atomic E-state index is -0.898. The molecule has 0 amide bonds.